The number of nitrogens with one attached hydrogen (secondary N) is 1. The van der Waals surface area contributed by atoms with Gasteiger partial charge < -0.3 is 5.32 Å². The highest BCUT2D eigenvalue weighted by molar-refractivity contribution is 5.07. The smallest absolute Gasteiger partial charge is 0.0104 e. The Hall–Kier alpha value is -0.560. The van der Waals surface area contributed by atoms with Crippen molar-refractivity contribution in [3.8, 4) is 0 Å². The Bertz CT molecular complexity index is 230. The third-order valence-electron chi connectivity index (χ3n) is 3.54. The van der Waals surface area contributed by atoms with Crippen LogP contribution in [0.4, 0.5) is 0 Å². The summed E-state index contributed by atoms with van der Waals surface area (Å²) in [5, 5.41) is 3.70. The molecular formula is C16H29N. The normalized spacial score (nSPS) is 17.6. The van der Waals surface area contributed by atoms with Crippen LogP contribution in [0.1, 0.15) is 64.7 Å². The van der Waals surface area contributed by atoms with Crippen molar-refractivity contribution in [2.75, 3.05) is 6.54 Å². The van der Waals surface area contributed by atoms with Crippen LogP contribution in [-0.2, 0) is 0 Å². The minimum absolute atomic E-state index is 0.694. The van der Waals surface area contributed by atoms with Crippen LogP contribution in [0.15, 0.2) is 24.3 Å². The minimum Gasteiger partial charge on any atom is -0.314 e. The number of hydrogen-bond acceptors (Lipinski definition) is 1. The summed E-state index contributed by atoms with van der Waals surface area (Å²) in [7, 11) is 0. The number of unbranched alkanes of at least 4 members (excludes halogenated alkanes) is 1. The van der Waals surface area contributed by atoms with Crippen LogP contribution in [0.25, 0.3) is 0 Å². The topological polar surface area (TPSA) is 12.0 Å². The predicted molar refractivity (Wildman–Crippen MR) is 77.3 cm³/mol. The molecule has 1 unspecified atom stereocenters. The fourth-order valence-corrected chi connectivity index (χ4v) is 2.54. The molecule has 17 heavy (non-hydrogen) atoms. The van der Waals surface area contributed by atoms with Crippen LogP contribution in [0, 0.1) is 0 Å². The summed E-state index contributed by atoms with van der Waals surface area (Å²) in [6, 6.07) is 0.694. The predicted octanol–water partition coefficient (Wildman–Crippen LogP) is 4.60. The zero-order chi connectivity index (χ0) is 12.3. The quantitative estimate of drug-likeness (QED) is 0.455. The van der Waals surface area contributed by atoms with Crippen molar-refractivity contribution in [1.29, 1.82) is 0 Å². The maximum Gasteiger partial charge on any atom is 0.0104 e. The van der Waals surface area contributed by atoms with Crippen LogP contribution >= 0.6 is 0 Å². The molecule has 1 heteroatoms. The first-order chi connectivity index (χ1) is 8.36. The summed E-state index contributed by atoms with van der Waals surface area (Å²) in [6.07, 6.45) is 16.2. The van der Waals surface area contributed by atoms with E-state index in [1.54, 1.807) is 5.57 Å². The monoisotopic (exact) mass is 235 g/mol. The third kappa shape index (κ3) is 6.68. The third-order valence-corrected chi connectivity index (χ3v) is 3.54. The molecule has 1 nitrogen and oxygen atoms in total. The maximum atomic E-state index is 3.80. The summed E-state index contributed by atoms with van der Waals surface area (Å²) in [5.74, 6) is 0. The van der Waals surface area contributed by atoms with Gasteiger partial charge in [-0.05, 0) is 64.3 Å². The molecule has 1 atom stereocenters. The second-order valence-corrected chi connectivity index (χ2v) is 5.18. The van der Waals surface area contributed by atoms with E-state index in [1.807, 2.05) is 6.08 Å². The molecule has 0 aromatic heterocycles. The lowest BCUT2D eigenvalue weighted by atomic mass is 9.92. The second-order valence-electron chi connectivity index (χ2n) is 5.18. The van der Waals surface area contributed by atoms with Gasteiger partial charge in [-0.15, -0.1) is 6.58 Å². The van der Waals surface area contributed by atoms with Crippen molar-refractivity contribution in [1.82, 2.24) is 5.32 Å². The highest BCUT2D eigenvalue weighted by Gasteiger charge is 2.11. The first-order valence-electron chi connectivity index (χ1n) is 7.39. The van der Waals surface area contributed by atoms with E-state index in [-0.39, 0.29) is 0 Å². The average molecular weight is 235 g/mol. The lowest BCUT2D eigenvalue weighted by Gasteiger charge is -2.22. The largest absolute Gasteiger partial charge is 0.314 e. The van der Waals surface area contributed by atoms with Crippen molar-refractivity contribution in [2.24, 2.45) is 0 Å². The van der Waals surface area contributed by atoms with Gasteiger partial charge in [0.2, 0.25) is 0 Å². The highest BCUT2D eigenvalue weighted by atomic mass is 14.9. The van der Waals surface area contributed by atoms with E-state index >= 15 is 0 Å². The molecule has 1 N–H and O–H groups in total. The van der Waals surface area contributed by atoms with Gasteiger partial charge in [-0.3, -0.25) is 0 Å². The Labute approximate surface area is 107 Å². The fourth-order valence-electron chi connectivity index (χ4n) is 2.54. The zero-order valence-corrected chi connectivity index (χ0v) is 11.5. The summed E-state index contributed by atoms with van der Waals surface area (Å²) in [6.45, 7) is 7.21. The van der Waals surface area contributed by atoms with E-state index in [9.17, 15) is 0 Å². The molecule has 1 rings (SSSR count). The fraction of sp³-hybridized carbons (Fsp3) is 0.750. The standard InChI is InChI=1S/C16H29N/c1-3-5-7-12-16(17-13-4-2)14-15-10-8-6-9-11-15/h3,10,16-17H,1,4-9,11-14H2,2H3. The van der Waals surface area contributed by atoms with Gasteiger partial charge >= 0.3 is 0 Å². The molecular weight excluding hydrogens is 206 g/mol. The van der Waals surface area contributed by atoms with E-state index in [0.717, 1.165) is 13.0 Å². The first kappa shape index (κ1) is 14.5. The second kappa shape index (κ2) is 9.47. The Morgan fingerprint density at radius 3 is 3.00 bits per heavy atom. The summed E-state index contributed by atoms with van der Waals surface area (Å²) >= 11 is 0. The SMILES string of the molecule is C=CCCCC(CC1=CCCCC1)NCCC. The Kier molecular flexibility index (Phi) is 8.08. The molecule has 0 saturated carbocycles. The number of allylic oxidation sites excluding steroid dienone is 2. The maximum absolute atomic E-state index is 3.80. The van der Waals surface area contributed by atoms with Crippen LogP contribution in [0.3, 0.4) is 0 Å². The molecule has 0 saturated heterocycles. The highest BCUT2D eigenvalue weighted by Crippen LogP contribution is 2.22. The van der Waals surface area contributed by atoms with E-state index < -0.39 is 0 Å². The first-order valence-corrected chi connectivity index (χ1v) is 7.39. The molecule has 0 aromatic rings. The van der Waals surface area contributed by atoms with Gasteiger partial charge in [0.15, 0.2) is 0 Å². The van der Waals surface area contributed by atoms with E-state index in [1.165, 1.54) is 51.4 Å². The summed E-state index contributed by atoms with van der Waals surface area (Å²) in [4.78, 5) is 0. The van der Waals surface area contributed by atoms with Crippen molar-refractivity contribution in [3.63, 3.8) is 0 Å². The Morgan fingerprint density at radius 2 is 2.35 bits per heavy atom. The minimum atomic E-state index is 0.694. The van der Waals surface area contributed by atoms with Crippen molar-refractivity contribution < 1.29 is 0 Å². The van der Waals surface area contributed by atoms with Crippen LogP contribution in [-0.4, -0.2) is 12.6 Å². The lowest BCUT2D eigenvalue weighted by molar-refractivity contribution is 0.455. The summed E-state index contributed by atoms with van der Waals surface area (Å²) in [5.41, 5.74) is 1.70. The molecule has 0 fully saturated rings. The van der Waals surface area contributed by atoms with Crippen molar-refractivity contribution >= 4 is 0 Å². The molecule has 0 amide bonds. The van der Waals surface area contributed by atoms with Crippen LogP contribution < -0.4 is 5.32 Å². The molecule has 0 aromatic carbocycles. The average Bonchev–Trinajstić information content (AvgIpc) is 2.37. The molecule has 0 bridgehead atoms. The molecule has 1 aliphatic rings. The van der Waals surface area contributed by atoms with Gasteiger partial charge in [-0.2, -0.15) is 0 Å². The molecule has 1 aliphatic carbocycles. The summed E-state index contributed by atoms with van der Waals surface area (Å²) < 4.78 is 0. The van der Waals surface area contributed by atoms with Gasteiger partial charge in [0.1, 0.15) is 0 Å². The molecule has 0 spiro atoms. The van der Waals surface area contributed by atoms with Crippen LogP contribution in [0.5, 0.6) is 0 Å². The van der Waals surface area contributed by atoms with E-state index in [4.69, 9.17) is 0 Å². The number of rotatable bonds is 9. The molecule has 0 heterocycles. The molecule has 98 valence electrons. The van der Waals surface area contributed by atoms with Crippen molar-refractivity contribution in [3.05, 3.63) is 24.3 Å². The molecule has 0 aliphatic heterocycles. The van der Waals surface area contributed by atoms with Gasteiger partial charge in [0.25, 0.3) is 0 Å². The van der Waals surface area contributed by atoms with Crippen molar-refractivity contribution in [2.45, 2.75) is 70.8 Å². The lowest BCUT2D eigenvalue weighted by Crippen LogP contribution is -2.30. The van der Waals surface area contributed by atoms with Gasteiger partial charge in [-0.25, -0.2) is 0 Å². The Balaban J connectivity index is 2.32. The van der Waals surface area contributed by atoms with E-state index in [2.05, 4.69) is 24.9 Å². The van der Waals surface area contributed by atoms with Gasteiger partial charge in [0, 0.05) is 6.04 Å². The van der Waals surface area contributed by atoms with E-state index in [0.29, 0.717) is 6.04 Å². The van der Waals surface area contributed by atoms with Gasteiger partial charge in [0.05, 0.1) is 0 Å². The Morgan fingerprint density at radius 1 is 1.47 bits per heavy atom. The zero-order valence-electron chi connectivity index (χ0n) is 11.5. The van der Waals surface area contributed by atoms with Gasteiger partial charge in [-0.1, -0.05) is 24.6 Å². The molecule has 0 radical (unpaired) electrons. The van der Waals surface area contributed by atoms with Crippen LogP contribution in [0.2, 0.25) is 0 Å². The number of hydrogen-bond donors (Lipinski definition) is 1.